The number of nitrogens with zero attached hydrogens (tertiary/aromatic N) is 1. The zero-order chi connectivity index (χ0) is 11.4. The number of aromatic nitrogens is 1. The lowest BCUT2D eigenvalue weighted by Gasteiger charge is -2.09. The Hall–Kier alpha value is -1.01. The first-order valence-electron chi connectivity index (χ1n) is 4.30. The molecule has 0 saturated heterocycles. The van der Waals surface area contributed by atoms with Crippen LogP contribution in [0, 0.1) is 5.95 Å². The average Bonchev–Trinajstić information content (AvgIpc) is 2.21. The topological polar surface area (TPSA) is 65.2 Å². The summed E-state index contributed by atoms with van der Waals surface area (Å²) in [4.78, 5) is 14.8. The summed E-state index contributed by atoms with van der Waals surface area (Å²) >= 11 is 2.95. The summed E-state index contributed by atoms with van der Waals surface area (Å²) in [5.41, 5.74) is 5.67. The van der Waals surface area contributed by atoms with Gasteiger partial charge in [-0.15, -0.1) is 0 Å². The summed E-state index contributed by atoms with van der Waals surface area (Å²) in [6, 6.07) is 1.86. The van der Waals surface area contributed by atoms with Crippen LogP contribution in [0.5, 0.6) is 0 Å². The number of esters is 1. The van der Waals surface area contributed by atoms with E-state index in [1.807, 2.05) is 0 Å². The van der Waals surface area contributed by atoms with E-state index in [4.69, 9.17) is 10.5 Å². The van der Waals surface area contributed by atoms with Gasteiger partial charge in [0.25, 0.3) is 0 Å². The van der Waals surface area contributed by atoms with E-state index in [0.29, 0.717) is 0 Å². The summed E-state index contributed by atoms with van der Waals surface area (Å²) in [5.74, 6) is -1.32. The standard InChI is InChI=1S/C9H10BrFN2O2/c1-2-15-9(14)7(12)6-4-3-5(10)8(11)13-6/h3-4,7H,2,12H2,1H3. The number of carbonyl (C=O) groups excluding carboxylic acids is 1. The van der Waals surface area contributed by atoms with Gasteiger partial charge in [-0.3, -0.25) is 0 Å². The average molecular weight is 277 g/mol. The summed E-state index contributed by atoms with van der Waals surface area (Å²) in [6.45, 7) is 1.89. The second-order valence-corrected chi connectivity index (χ2v) is 3.59. The van der Waals surface area contributed by atoms with Crippen molar-refractivity contribution in [3.8, 4) is 0 Å². The maximum Gasteiger partial charge on any atom is 0.329 e. The van der Waals surface area contributed by atoms with E-state index in [0.717, 1.165) is 0 Å². The Labute approximate surface area is 94.8 Å². The molecule has 15 heavy (non-hydrogen) atoms. The van der Waals surface area contributed by atoms with Crippen LogP contribution in [0.1, 0.15) is 18.7 Å². The van der Waals surface area contributed by atoms with Crippen LogP contribution < -0.4 is 5.73 Å². The number of carbonyl (C=O) groups is 1. The van der Waals surface area contributed by atoms with Gasteiger partial charge < -0.3 is 10.5 Å². The van der Waals surface area contributed by atoms with Crippen molar-refractivity contribution >= 4 is 21.9 Å². The molecular formula is C9H10BrFN2O2. The first-order valence-corrected chi connectivity index (χ1v) is 5.09. The minimum absolute atomic E-state index is 0.147. The number of rotatable bonds is 3. The van der Waals surface area contributed by atoms with Gasteiger partial charge in [-0.25, -0.2) is 9.78 Å². The van der Waals surface area contributed by atoms with Crippen LogP contribution >= 0.6 is 15.9 Å². The van der Waals surface area contributed by atoms with Gasteiger partial charge in [0, 0.05) is 0 Å². The van der Waals surface area contributed by atoms with Crippen LogP contribution in [0.25, 0.3) is 0 Å². The maximum atomic E-state index is 13.0. The molecule has 1 rings (SSSR count). The first kappa shape index (κ1) is 12.1. The number of pyridine rings is 1. The molecule has 0 radical (unpaired) electrons. The van der Waals surface area contributed by atoms with E-state index < -0.39 is 18.0 Å². The largest absolute Gasteiger partial charge is 0.465 e. The van der Waals surface area contributed by atoms with E-state index >= 15 is 0 Å². The molecule has 0 amide bonds. The Kier molecular flexibility index (Phi) is 4.16. The van der Waals surface area contributed by atoms with Crippen LogP contribution in [0.15, 0.2) is 16.6 Å². The zero-order valence-electron chi connectivity index (χ0n) is 8.04. The van der Waals surface area contributed by atoms with Crippen LogP contribution in [0.2, 0.25) is 0 Å². The van der Waals surface area contributed by atoms with E-state index in [-0.39, 0.29) is 16.8 Å². The number of nitrogens with two attached hydrogens (primary N) is 1. The Morgan fingerprint density at radius 2 is 2.40 bits per heavy atom. The minimum Gasteiger partial charge on any atom is -0.465 e. The highest BCUT2D eigenvalue weighted by Gasteiger charge is 2.19. The molecule has 1 aromatic rings. The van der Waals surface area contributed by atoms with Gasteiger partial charge in [-0.2, -0.15) is 4.39 Å². The number of halogens is 2. The molecule has 0 bridgehead atoms. The third-order valence-electron chi connectivity index (χ3n) is 1.68. The molecule has 0 spiro atoms. The van der Waals surface area contributed by atoms with E-state index in [1.54, 1.807) is 6.92 Å². The zero-order valence-corrected chi connectivity index (χ0v) is 9.62. The van der Waals surface area contributed by atoms with Gasteiger partial charge in [-0.1, -0.05) is 0 Å². The fourth-order valence-electron chi connectivity index (χ4n) is 0.957. The van der Waals surface area contributed by atoms with Crippen molar-refractivity contribution in [3.63, 3.8) is 0 Å². The molecule has 82 valence electrons. The third-order valence-corrected chi connectivity index (χ3v) is 2.28. The Bertz CT molecular complexity index is 373. The second kappa shape index (κ2) is 5.18. The maximum absolute atomic E-state index is 13.0. The molecule has 0 aromatic carbocycles. The highest BCUT2D eigenvalue weighted by atomic mass is 79.9. The molecule has 1 atom stereocenters. The van der Waals surface area contributed by atoms with Crippen molar-refractivity contribution in [1.82, 2.24) is 4.98 Å². The van der Waals surface area contributed by atoms with Crippen LogP contribution in [-0.4, -0.2) is 17.6 Å². The molecule has 6 heteroatoms. The highest BCUT2D eigenvalue weighted by Crippen LogP contribution is 2.16. The van der Waals surface area contributed by atoms with Crippen molar-refractivity contribution in [3.05, 3.63) is 28.2 Å². The molecule has 0 saturated carbocycles. The molecule has 0 aliphatic carbocycles. The predicted molar refractivity (Wildman–Crippen MR) is 55.5 cm³/mol. The molecule has 1 heterocycles. The lowest BCUT2D eigenvalue weighted by atomic mass is 10.2. The summed E-state index contributed by atoms with van der Waals surface area (Å²) < 4.78 is 17.9. The van der Waals surface area contributed by atoms with Crippen molar-refractivity contribution in [1.29, 1.82) is 0 Å². The first-order chi connectivity index (χ1) is 7.06. The number of hydrogen-bond donors (Lipinski definition) is 1. The highest BCUT2D eigenvalue weighted by molar-refractivity contribution is 9.10. The van der Waals surface area contributed by atoms with Crippen LogP contribution in [-0.2, 0) is 9.53 Å². The minimum atomic E-state index is -1.05. The molecule has 1 unspecified atom stereocenters. The van der Waals surface area contributed by atoms with Gasteiger partial charge >= 0.3 is 5.97 Å². The smallest absolute Gasteiger partial charge is 0.329 e. The fourth-order valence-corrected chi connectivity index (χ4v) is 1.18. The molecule has 2 N–H and O–H groups in total. The molecule has 1 aromatic heterocycles. The molecule has 4 nitrogen and oxygen atoms in total. The lowest BCUT2D eigenvalue weighted by Crippen LogP contribution is -2.25. The van der Waals surface area contributed by atoms with Crippen molar-refractivity contribution < 1.29 is 13.9 Å². The molecular weight excluding hydrogens is 267 g/mol. The quantitative estimate of drug-likeness (QED) is 0.672. The lowest BCUT2D eigenvalue weighted by molar-refractivity contribution is -0.144. The summed E-state index contributed by atoms with van der Waals surface area (Å²) in [5, 5.41) is 0. The van der Waals surface area contributed by atoms with Crippen molar-refractivity contribution in [2.45, 2.75) is 13.0 Å². The Morgan fingerprint density at radius 1 is 1.73 bits per heavy atom. The molecule has 0 fully saturated rings. The predicted octanol–water partition coefficient (Wildman–Crippen LogP) is 1.55. The van der Waals surface area contributed by atoms with E-state index in [9.17, 15) is 9.18 Å². The van der Waals surface area contributed by atoms with E-state index in [2.05, 4.69) is 20.9 Å². The molecule has 0 aliphatic rings. The van der Waals surface area contributed by atoms with Crippen molar-refractivity contribution in [2.24, 2.45) is 5.73 Å². The molecule has 0 aliphatic heterocycles. The van der Waals surface area contributed by atoms with Gasteiger partial charge in [0.05, 0.1) is 16.8 Å². The number of hydrogen-bond acceptors (Lipinski definition) is 4. The van der Waals surface area contributed by atoms with Gasteiger partial charge in [0.2, 0.25) is 5.95 Å². The van der Waals surface area contributed by atoms with Gasteiger partial charge in [0.15, 0.2) is 0 Å². The third kappa shape index (κ3) is 2.97. The SMILES string of the molecule is CCOC(=O)C(N)c1ccc(Br)c(F)n1. The van der Waals surface area contributed by atoms with Gasteiger partial charge in [-0.05, 0) is 35.0 Å². The van der Waals surface area contributed by atoms with Crippen LogP contribution in [0.4, 0.5) is 4.39 Å². The summed E-state index contributed by atoms with van der Waals surface area (Å²) in [6.07, 6.45) is 0. The monoisotopic (exact) mass is 276 g/mol. The van der Waals surface area contributed by atoms with Crippen LogP contribution in [0.3, 0.4) is 0 Å². The Balaban J connectivity index is 2.86. The summed E-state index contributed by atoms with van der Waals surface area (Å²) in [7, 11) is 0. The van der Waals surface area contributed by atoms with Crippen molar-refractivity contribution in [2.75, 3.05) is 6.61 Å². The Morgan fingerprint density at radius 3 is 2.93 bits per heavy atom. The number of ether oxygens (including phenoxy) is 1. The fraction of sp³-hybridized carbons (Fsp3) is 0.333. The van der Waals surface area contributed by atoms with Gasteiger partial charge in [0.1, 0.15) is 6.04 Å². The normalized spacial score (nSPS) is 12.3. The van der Waals surface area contributed by atoms with E-state index in [1.165, 1.54) is 12.1 Å². The second-order valence-electron chi connectivity index (χ2n) is 2.74.